The summed E-state index contributed by atoms with van der Waals surface area (Å²) in [5, 5.41) is 1.50. The molecular formula is C21H22ClN3O3S. The molecule has 0 spiro atoms. The summed E-state index contributed by atoms with van der Waals surface area (Å²) in [5.74, 6) is 0.987. The molecular weight excluding hydrogens is 410 g/mol. The highest BCUT2D eigenvalue weighted by molar-refractivity contribution is 7.99. The van der Waals surface area contributed by atoms with Gasteiger partial charge in [0, 0.05) is 18.1 Å². The molecule has 1 amide bonds. The van der Waals surface area contributed by atoms with Gasteiger partial charge in [0.05, 0.1) is 29.5 Å². The van der Waals surface area contributed by atoms with Crippen LogP contribution >= 0.6 is 23.4 Å². The summed E-state index contributed by atoms with van der Waals surface area (Å²) in [5.41, 5.74) is 0.357. The molecule has 1 aliphatic rings. The Morgan fingerprint density at radius 1 is 1.17 bits per heavy atom. The van der Waals surface area contributed by atoms with Gasteiger partial charge in [0.2, 0.25) is 5.91 Å². The molecule has 4 rings (SSSR count). The molecule has 0 radical (unpaired) electrons. The van der Waals surface area contributed by atoms with E-state index in [4.69, 9.17) is 16.0 Å². The van der Waals surface area contributed by atoms with Crippen molar-refractivity contribution in [3.63, 3.8) is 0 Å². The maximum atomic E-state index is 13.1. The fourth-order valence-corrected chi connectivity index (χ4v) is 4.59. The fourth-order valence-electron chi connectivity index (χ4n) is 3.52. The van der Waals surface area contributed by atoms with Crippen LogP contribution in [0.15, 0.2) is 51.0 Å². The van der Waals surface area contributed by atoms with E-state index in [0.29, 0.717) is 26.8 Å². The Labute approximate surface area is 177 Å². The normalized spacial score (nSPS) is 14.9. The Morgan fingerprint density at radius 2 is 1.97 bits per heavy atom. The molecule has 152 valence electrons. The predicted octanol–water partition coefficient (Wildman–Crippen LogP) is 4.19. The molecule has 0 N–H and O–H groups in total. The number of hydrogen-bond donors (Lipinski definition) is 0. The van der Waals surface area contributed by atoms with Crippen LogP contribution < -0.4 is 5.56 Å². The lowest BCUT2D eigenvalue weighted by Crippen LogP contribution is -2.33. The van der Waals surface area contributed by atoms with Gasteiger partial charge >= 0.3 is 0 Å². The SMILES string of the molecule is O=C(CSc1nc2cc(Cl)ccc2c(=O)n1Cc1ccco1)N1CCCCCC1. The summed E-state index contributed by atoms with van der Waals surface area (Å²) in [6.07, 6.45) is 6.02. The highest BCUT2D eigenvalue weighted by Gasteiger charge is 2.19. The van der Waals surface area contributed by atoms with Crippen LogP contribution in [0.1, 0.15) is 31.4 Å². The Hall–Kier alpha value is -2.25. The largest absolute Gasteiger partial charge is 0.467 e. The molecule has 3 heterocycles. The summed E-state index contributed by atoms with van der Waals surface area (Å²) in [7, 11) is 0. The zero-order valence-corrected chi connectivity index (χ0v) is 17.5. The smallest absolute Gasteiger partial charge is 0.262 e. The number of carbonyl (C=O) groups is 1. The molecule has 0 atom stereocenters. The van der Waals surface area contributed by atoms with Gasteiger partial charge < -0.3 is 9.32 Å². The molecule has 3 aromatic rings. The first kappa shape index (κ1) is 20.0. The second-order valence-corrected chi connectivity index (χ2v) is 8.49. The number of halogens is 1. The number of fused-ring (bicyclic) bond motifs is 1. The Kier molecular flexibility index (Phi) is 6.25. The van der Waals surface area contributed by atoms with Crippen molar-refractivity contribution in [2.45, 2.75) is 37.4 Å². The molecule has 0 saturated carbocycles. The van der Waals surface area contributed by atoms with Crippen LogP contribution in [-0.4, -0.2) is 39.2 Å². The highest BCUT2D eigenvalue weighted by atomic mass is 35.5. The first-order valence-electron chi connectivity index (χ1n) is 9.75. The molecule has 8 heteroatoms. The van der Waals surface area contributed by atoms with Crippen LogP contribution in [0.2, 0.25) is 5.02 Å². The summed E-state index contributed by atoms with van der Waals surface area (Å²) in [6, 6.07) is 8.64. The van der Waals surface area contributed by atoms with Gasteiger partial charge in [-0.1, -0.05) is 36.2 Å². The third-order valence-electron chi connectivity index (χ3n) is 5.06. The summed E-state index contributed by atoms with van der Waals surface area (Å²) < 4.78 is 6.99. The maximum absolute atomic E-state index is 13.1. The summed E-state index contributed by atoms with van der Waals surface area (Å²) in [4.78, 5) is 32.4. The summed E-state index contributed by atoms with van der Waals surface area (Å²) >= 11 is 7.38. The van der Waals surface area contributed by atoms with Crippen molar-refractivity contribution < 1.29 is 9.21 Å². The maximum Gasteiger partial charge on any atom is 0.262 e. The van der Waals surface area contributed by atoms with Crippen molar-refractivity contribution in [1.29, 1.82) is 0 Å². The highest BCUT2D eigenvalue weighted by Crippen LogP contribution is 2.22. The van der Waals surface area contributed by atoms with E-state index < -0.39 is 0 Å². The zero-order valence-electron chi connectivity index (χ0n) is 16.0. The van der Waals surface area contributed by atoms with Crippen molar-refractivity contribution in [2.75, 3.05) is 18.8 Å². The number of carbonyl (C=O) groups excluding carboxylic acids is 1. The van der Waals surface area contributed by atoms with Crippen LogP contribution in [0.5, 0.6) is 0 Å². The van der Waals surface area contributed by atoms with Crippen molar-refractivity contribution in [1.82, 2.24) is 14.5 Å². The third-order valence-corrected chi connectivity index (χ3v) is 6.26. The minimum atomic E-state index is -0.173. The van der Waals surface area contributed by atoms with E-state index in [1.54, 1.807) is 35.1 Å². The van der Waals surface area contributed by atoms with Gasteiger partial charge in [-0.25, -0.2) is 4.98 Å². The van der Waals surface area contributed by atoms with Gasteiger partial charge in [-0.2, -0.15) is 0 Å². The number of rotatable bonds is 5. The standard InChI is InChI=1S/C21H22ClN3O3S/c22-15-7-8-17-18(12-15)23-21(25(20(17)27)13-16-6-5-11-28-16)29-14-19(26)24-9-3-1-2-4-10-24/h5-8,11-12H,1-4,9-10,13-14H2. The molecule has 0 unspecified atom stereocenters. The number of hydrogen-bond acceptors (Lipinski definition) is 5. The third kappa shape index (κ3) is 4.67. The number of likely N-dealkylation sites (tertiary alicyclic amines) is 1. The van der Waals surface area contributed by atoms with Crippen LogP contribution in [0, 0.1) is 0 Å². The van der Waals surface area contributed by atoms with E-state index in [1.165, 1.54) is 24.6 Å². The van der Waals surface area contributed by atoms with Crippen molar-refractivity contribution in [3.8, 4) is 0 Å². The number of amides is 1. The van der Waals surface area contributed by atoms with Gasteiger partial charge in [0.25, 0.3) is 5.56 Å². The number of aromatic nitrogens is 2. The van der Waals surface area contributed by atoms with Crippen molar-refractivity contribution in [2.24, 2.45) is 0 Å². The van der Waals surface area contributed by atoms with Gasteiger partial charge in [-0.05, 0) is 43.2 Å². The van der Waals surface area contributed by atoms with Crippen LogP contribution in [-0.2, 0) is 11.3 Å². The van der Waals surface area contributed by atoms with Gasteiger partial charge in [0.1, 0.15) is 5.76 Å². The van der Waals surface area contributed by atoms with E-state index in [9.17, 15) is 9.59 Å². The van der Waals surface area contributed by atoms with E-state index in [-0.39, 0.29) is 23.8 Å². The number of furan rings is 1. The second-order valence-electron chi connectivity index (χ2n) is 7.11. The van der Waals surface area contributed by atoms with E-state index >= 15 is 0 Å². The molecule has 1 fully saturated rings. The molecule has 1 saturated heterocycles. The Bertz CT molecular complexity index is 1060. The molecule has 1 aromatic carbocycles. The average molecular weight is 432 g/mol. The van der Waals surface area contributed by atoms with Crippen molar-refractivity contribution >= 4 is 40.2 Å². The van der Waals surface area contributed by atoms with E-state index in [1.807, 2.05) is 11.0 Å². The lowest BCUT2D eigenvalue weighted by atomic mass is 10.2. The van der Waals surface area contributed by atoms with Crippen molar-refractivity contribution in [3.05, 3.63) is 57.7 Å². The minimum absolute atomic E-state index is 0.0851. The topological polar surface area (TPSA) is 68.3 Å². The molecule has 6 nitrogen and oxygen atoms in total. The minimum Gasteiger partial charge on any atom is -0.467 e. The molecule has 29 heavy (non-hydrogen) atoms. The van der Waals surface area contributed by atoms with Gasteiger partial charge in [-0.3, -0.25) is 14.2 Å². The average Bonchev–Trinajstić information content (AvgIpc) is 3.07. The van der Waals surface area contributed by atoms with Gasteiger partial charge in [-0.15, -0.1) is 0 Å². The number of nitrogens with zero attached hydrogens (tertiary/aromatic N) is 3. The molecule has 2 aromatic heterocycles. The zero-order chi connectivity index (χ0) is 20.2. The Morgan fingerprint density at radius 3 is 2.69 bits per heavy atom. The summed E-state index contributed by atoms with van der Waals surface area (Å²) in [6.45, 7) is 1.87. The van der Waals surface area contributed by atoms with Gasteiger partial charge in [0.15, 0.2) is 5.16 Å². The first-order chi connectivity index (χ1) is 14.1. The van der Waals surface area contributed by atoms with Crippen LogP contribution in [0.4, 0.5) is 0 Å². The fraction of sp³-hybridized carbons (Fsp3) is 0.381. The van der Waals surface area contributed by atoms with Crippen LogP contribution in [0.3, 0.4) is 0 Å². The molecule has 0 bridgehead atoms. The lowest BCUT2D eigenvalue weighted by Gasteiger charge is -2.20. The van der Waals surface area contributed by atoms with E-state index in [2.05, 4.69) is 4.98 Å². The first-order valence-corrected chi connectivity index (χ1v) is 11.1. The lowest BCUT2D eigenvalue weighted by molar-refractivity contribution is -0.128. The second kappa shape index (κ2) is 9.05. The Balaban J connectivity index is 1.63. The molecule has 1 aliphatic heterocycles. The quantitative estimate of drug-likeness (QED) is 0.447. The predicted molar refractivity (Wildman–Crippen MR) is 115 cm³/mol. The van der Waals surface area contributed by atoms with E-state index in [0.717, 1.165) is 25.9 Å². The molecule has 0 aliphatic carbocycles. The number of benzene rings is 1. The number of thioether (sulfide) groups is 1. The van der Waals surface area contributed by atoms with Crippen LogP contribution in [0.25, 0.3) is 10.9 Å². The monoisotopic (exact) mass is 431 g/mol.